The number of hydrogen-bond acceptors (Lipinski definition) is 4. The summed E-state index contributed by atoms with van der Waals surface area (Å²) in [5.74, 6) is 0.579. The minimum Gasteiger partial charge on any atom is -0.338 e. The predicted molar refractivity (Wildman–Crippen MR) is 103 cm³/mol. The number of carbonyl (C=O) groups excluding carboxylic acids is 1. The van der Waals surface area contributed by atoms with Gasteiger partial charge in [-0.25, -0.2) is 4.39 Å². The topological polar surface area (TPSA) is 59.2 Å². The zero-order chi connectivity index (χ0) is 19.7. The quantitative estimate of drug-likeness (QED) is 0.654. The molecule has 0 saturated carbocycles. The molecule has 4 rings (SSSR count). The van der Waals surface area contributed by atoms with E-state index in [0.717, 1.165) is 5.56 Å². The Morgan fingerprint density at radius 3 is 2.64 bits per heavy atom. The normalized spacial score (nSPS) is 16.9. The van der Waals surface area contributed by atoms with E-state index in [0.29, 0.717) is 31.3 Å². The number of hydrogen-bond donors (Lipinski definition) is 0. The monoisotopic (exact) mass is 379 g/mol. The molecule has 0 aliphatic carbocycles. The van der Waals surface area contributed by atoms with Gasteiger partial charge in [-0.15, -0.1) is 0 Å². The molecule has 3 aromatic rings. The maximum absolute atomic E-state index is 13.9. The first-order valence-corrected chi connectivity index (χ1v) is 9.46. The van der Waals surface area contributed by atoms with E-state index in [-0.39, 0.29) is 23.3 Å². The Morgan fingerprint density at radius 1 is 1.18 bits per heavy atom. The first-order valence-electron chi connectivity index (χ1n) is 9.46. The number of aromatic nitrogens is 2. The van der Waals surface area contributed by atoms with E-state index in [1.165, 1.54) is 11.6 Å². The van der Waals surface area contributed by atoms with Crippen molar-refractivity contribution in [2.24, 2.45) is 0 Å². The summed E-state index contributed by atoms with van der Waals surface area (Å²) in [6.07, 6.45) is 0.334. The average molecular weight is 379 g/mol. The Bertz CT molecular complexity index is 981. The van der Waals surface area contributed by atoms with Gasteiger partial charge in [-0.3, -0.25) is 4.79 Å². The van der Waals surface area contributed by atoms with Crippen LogP contribution in [0.4, 0.5) is 4.39 Å². The number of halogens is 1. The number of carbonyl (C=O) groups is 1. The van der Waals surface area contributed by atoms with Crippen LogP contribution in [0.3, 0.4) is 0 Å². The lowest BCUT2D eigenvalue weighted by molar-refractivity contribution is -0.128. The Morgan fingerprint density at radius 2 is 1.93 bits per heavy atom. The minimum absolute atomic E-state index is 0.0650. The first-order chi connectivity index (χ1) is 13.5. The molecule has 1 aromatic heterocycles. The van der Waals surface area contributed by atoms with Crippen LogP contribution in [0.1, 0.15) is 49.1 Å². The molecule has 2 aromatic carbocycles. The van der Waals surface area contributed by atoms with Crippen LogP contribution >= 0.6 is 0 Å². The minimum atomic E-state index is -0.410. The molecule has 2 heterocycles. The van der Waals surface area contributed by atoms with Crippen LogP contribution in [-0.2, 0) is 11.3 Å². The fraction of sp³-hybridized carbons (Fsp3) is 0.318. The van der Waals surface area contributed by atoms with Crippen molar-refractivity contribution in [3.8, 4) is 11.5 Å². The second-order valence-electron chi connectivity index (χ2n) is 7.51. The summed E-state index contributed by atoms with van der Waals surface area (Å²) in [6.45, 7) is 5.40. The second kappa shape index (κ2) is 7.54. The van der Waals surface area contributed by atoms with Crippen molar-refractivity contribution in [1.82, 2.24) is 15.0 Å². The molecule has 1 fully saturated rings. The third kappa shape index (κ3) is 3.67. The Hall–Kier alpha value is -3.02. The summed E-state index contributed by atoms with van der Waals surface area (Å²) in [5, 5.41) is 3.99. The summed E-state index contributed by atoms with van der Waals surface area (Å²) in [4.78, 5) is 18.6. The highest BCUT2D eigenvalue weighted by atomic mass is 19.1. The predicted octanol–water partition coefficient (Wildman–Crippen LogP) is 4.52. The molecular weight excluding hydrogens is 357 g/mol. The first kappa shape index (κ1) is 18.3. The molecule has 0 radical (unpaired) electrons. The standard InChI is InChI=1S/C22H22FN3O2/c1-14(2)16-9-7-15(8-10-16)12-26-13-17(11-20(26)27)21-24-22(28-25-21)18-5-3-4-6-19(18)23/h3-10,14,17H,11-13H2,1-2H3. The molecule has 5 nitrogen and oxygen atoms in total. The second-order valence-corrected chi connectivity index (χ2v) is 7.51. The third-order valence-electron chi connectivity index (χ3n) is 5.15. The lowest BCUT2D eigenvalue weighted by Gasteiger charge is -2.16. The van der Waals surface area contributed by atoms with Gasteiger partial charge in [0.15, 0.2) is 5.82 Å². The molecule has 1 saturated heterocycles. The Kier molecular flexibility index (Phi) is 4.94. The molecule has 1 aliphatic heterocycles. The molecule has 6 heteroatoms. The summed E-state index contributed by atoms with van der Waals surface area (Å²) in [7, 11) is 0. The van der Waals surface area contributed by atoms with Gasteiger partial charge in [-0.1, -0.05) is 55.4 Å². The van der Waals surface area contributed by atoms with Crippen molar-refractivity contribution in [1.29, 1.82) is 0 Å². The van der Waals surface area contributed by atoms with Crippen molar-refractivity contribution < 1.29 is 13.7 Å². The lowest BCUT2D eigenvalue weighted by Crippen LogP contribution is -2.24. The van der Waals surface area contributed by atoms with E-state index in [4.69, 9.17) is 4.52 Å². The number of rotatable bonds is 5. The molecule has 0 N–H and O–H groups in total. The number of likely N-dealkylation sites (tertiary alicyclic amines) is 1. The Labute approximate surface area is 163 Å². The molecule has 1 aliphatic rings. The van der Waals surface area contributed by atoms with Crippen molar-refractivity contribution in [2.75, 3.05) is 6.54 Å². The van der Waals surface area contributed by atoms with E-state index >= 15 is 0 Å². The molecule has 1 atom stereocenters. The van der Waals surface area contributed by atoms with Gasteiger partial charge in [0, 0.05) is 25.4 Å². The molecule has 0 spiro atoms. The third-order valence-corrected chi connectivity index (χ3v) is 5.15. The molecule has 1 amide bonds. The van der Waals surface area contributed by atoms with Gasteiger partial charge in [0.25, 0.3) is 5.89 Å². The largest absolute Gasteiger partial charge is 0.338 e. The van der Waals surface area contributed by atoms with Gasteiger partial charge in [-0.2, -0.15) is 4.98 Å². The van der Waals surface area contributed by atoms with Crippen LogP contribution in [0.25, 0.3) is 11.5 Å². The molecule has 1 unspecified atom stereocenters. The van der Waals surface area contributed by atoms with E-state index in [9.17, 15) is 9.18 Å². The van der Waals surface area contributed by atoms with Crippen LogP contribution < -0.4 is 0 Å². The zero-order valence-corrected chi connectivity index (χ0v) is 15.9. The highest BCUT2D eigenvalue weighted by molar-refractivity contribution is 5.79. The van der Waals surface area contributed by atoms with E-state index < -0.39 is 5.82 Å². The SMILES string of the molecule is CC(C)c1ccc(CN2CC(c3noc(-c4ccccc4F)n3)CC2=O)cc1. The van der Waals surface area contributed by atoms with Gasteiger partial charge >= 0.3 is 0 Å². The van der Waals surface area contributed by atoms with E-state index in [2.05, 4.69) is 48.3 Å². The zero-order valence-electron chi connectivity index (χ0n) is 15.9. The average Bonchev–Trinajstić information content (AvgIpc) is 3.30. The number of benzene rings is 2. The molecular formula is C22H22FN3O2. The highest BCUT2D eigenvalue weighted by Crippen LogP contribution is 2.30. The highest BCUT2D eigenvalue weighted by Gasteiger charge is 2.34. The van der Waals surface area contributed by atoms with Crippen molar-refractivity contribution in [2.45, 2.75) is 38.6 Å². The summed E-state index contributed by atoms with van der Waals surface area (Å²) >= 11 is 0. The van der Waals surface area contributed by atoms with E-state index in [1.54, 1.807) is 18.2 Å². The smallest absolute Gasteiger partial charge is 0.260 e. The van der Waals surface area contributed by atoms with Gasteiger partial charge in [0.2, 0.25) is 5.91 Å². The van der Waals surface area contributed by atoms with Gasteiger partial charge in [0.1, 0.15) is 5.82 Å². The van der Waals surface area contributed by atoms with Crippen LogP contribution in [0.15, 0.2) is 53.1 Å². The van der Waals surface area contributed by atoms with Crippen LogP contribution in [0, 0.1) is 5.82 Å². The summed E-state index contributed by atoms with van der Waals surface area (Å²) in [5.41, 5.74) is 2.65. The maximum Gasteiger partial charge on any atom is 0.260 e. The van der Waals surface area contributed by atoms with Gasteiger partial charge in [-0.05, 0) is 29.2 Å². The molecule has 0 bridgehead atoms. The van der Waals surface area contributed by atoms with Gasteiger partial charge < -0.3 is 9.42 Å². The van der Waals surface area contributed by atoms with Crippen LogP contribution in [-0.4, -0.2) is 27.5 Å². The van der Waals surface area contributed by atoms with Crippen molar-refractivity contribution in [3.05, 3.63) is 71.3 Å². The molecule has 28 heavy (non-hydrogen) atoms. The number of amides is 1. The lowest BCUT2D eigenvalue weighted by atomic mass is 10.0. The number of nitrogens with zero attached hydrogens (tertiary/aromatic N) is 3. The fourth-order valence-corrected chi connectivity index (χ4v) is 3.47. The summed E-state index contributed by atoms with van der Waals surface area (Å²) < 4.78 is 19.2. The van der Waals surface area contributed by atoms with Crippen molar-refractivity contribution >= 4 is 5.91 Å². The van der Waals surface area contributed by atoms with Crippen LogP contribution in [0.2, 0.25) is 0 Å². The molecule has 144 valence electrons. The van der Waals surface area contributed by atoms with Crippen molar-refractivity contribution in [3.63, 3.8) is 0 Å². The Balaban J connectivity index is 1.46. The van der Waals surface area contributed by atoms with E-state index in [1.807, 2.05) is 4.90 Å². The maximum atomic E-state index is 13.9. The van der Waals surface area contributed by atoms with Crippen LogP contribution in [0.5, 0.6) is 0 Å². The fourth-order valence-electron chi connectivity index (χ4n) is 3.47. The summed E-state index contributed by atoms with van der Waals surface area (Å²) in [6, 6.07) is 14.6. The van der Waals surface area contributed by atoms with Gasteiger partial charge in [0.05, 0.1) is 5.56 Å².